The molecule has 0 saturated carbocycles. The number of nitrogens with zero attached hydrogens (tertiary/aromatic N) is 3. The third kappa shape index (κ3) is 3.70. The molecule has 2 aromatic carbocycles. The van der Waals surface area contributed by atoms with Crippen molar-refractivity contribution in [1.29, 1.82) is 0 Å². The molecule has 8 heteroatoms. The highest BCUT2D eigenvalue weighted by molar-refractivity contribution is 6.01. The van der Waals surface area contributed by atoms with Crippen LogP contribution in [0.25, 0.3) is 5.70 Å². The first-order valence-corrected chi connectivity index (χ1v) is 9.18. The van der Waals surface area contributed by atoms with E-state index in [0.717, 1.165) is 16.8 Å². The summed E-state index contributed by atoms with van der Waals surface area (Å²) in [7, 11) is 0. The third-order valence-electron chi connectivity index (χ3n) is 4.66. The van der Waals surface area contributed by atoms with Crippen LogP contribution in [0.15, 0.2) is 89.6 Å². The minimum atomic E-state index is -0.398. The number of nitrogens with one attached hydrogen (secondary N) is 2. The van der Waals surface area contributed by atoms with Gasteiger partial charge in [-0.05, 0) is 29.3 Å². The number of carbonyl (C=O) groups excluding carboxylic acids is 1. The van der Waals surface area contributed by atoms with E-state index in [-0.39, 0.29) is 30.2 Å². The van der Waals surface area contributed by atoms with Crippen molar-refractivity contribution in [3.63, 3.8) is 0 Å². The lowest BCUT2D eigenvalue weighted by atomic mass is 10.0. The summed E-state index contributed by atoms with van der Waals surface area (Å²) in [5, 5.41) is 10.5. The van der Waals surface area contributed by atoms with Gasteiger partial charge in [-0.3, -0.25) is 10.1 Å². The monoisotopic (exact) mass is 418 g/mol. The van der Waals surface area contributed by atoms with Gasteiger partial charge in [0, 0.05) is 5.70 Å². The Morgan fingerprint density at radius 1 is 1.00 bits per heavy atom. The summed E-state index contributed by atoms with van der Waals surface area (Å²) in [6, 6.07) is 23.2. The number of benzene rings is 2. The Labute approximate surface area is 178 Å². The molecule has 7 nitrogen and oxygen atoms in total. The fourth-order valence-electron chi connectivity index (χ4n) is 3.29. The number of anilines is 2. The summed E-state index contributed by atoms with van der Waals surface area (Å²) < 4.78 is 6.90. The standard InChI is InChI=1S/C22H17N5O2.ClH/c28-20(19-12-7-13-29-19)24-21-25-22-23-17(15-8-3-1-4-9-15)14-18(27(22)26-21)16-10-5-2-6-11-16;/h1-14,18H,(H2,23,24,25,26,28);1H/p-1. The number of carbonyl (C=O) groups is 1. The Morgan fingerprint density at radius 3 is 2.43 bits per heavy atom. The molecule has 0 aliphatic carbocycles. The SMILES string of the molecule is O=C(Nc1nc2n(n1)C(c1ccccc1)C=C(c1ccccc1)N2)c1ccco1.[Cl-]. The lowest BCUT2D eigenvalue weighted by Crippen LogP contribution is -3.00. The van der Waals surface area contributed by atoms with Crippen LogP contribution in [0.5, 0.6) is 0 Å². The maximum Gasteiger partial charge on any atom is 0.293 e. The molecule has 0 spiro atoms. The van der Waals surface area contributed by atoms with Gasteiger partial charge >= 0.3 is 0 Å². The number of rotatable bonds is 4. The van der Waals surface area contributed by atoms with Gasteiger partial charge in [-0.1, -0.05) is 60.7 Å². The van der Waals surface area contributed by atoms with E-state index in [1.165, 1.54) is 6.26 Å². The van der Waals surface area contributed by atoms with E-state index in [2.05, 4.69) is 26.8 Å². The molecule has 0 saturated heterocycles. The average molecular weight is 419 g/mol. The normalized spacial score (nSPS) is 14.7. The van der Waals surface area contributed by atoms with Crippen LogP contribution >= 0.6 is 0 Å². The van der Waals surface area contributed by atoms with Crippen molar-refractivity contribution in [2.24, 2.45) is 0 Å². The van der Waals surface area contributed by atoms with Gasteiger partial charge in [-0.25, -0.2) is 4.68 Å². The van der Waals surface area contributed by atoms with E-state index in [0.29, 0.717) is 5.95 Å². The first-order valence-electron chi connectivity index (χ1n) is 9.18. The maximum absolute atomic E-state index is 12.3. The van der Waals surface area contributed by atoms with Gasteiger partial charge in [-0.2, -0.15) is 4.98 Å². The van der Waals surface area contributed by atoms with Gasteiger partial charge in [0.2, 0.25) is 5.95 Å². The molecule has 1 aliphatic rings. The van der Waals surface area contributed by atoms with E-state index in [4.69, 9.17) is 4.42 Å². The summed E-state index contributed by atoms with van der Waals surface area (Å²) in [5.41, 5.74) is 3.05. The zero-order valence-electron chi connectivity index (χ0n) is 15.7. The molecule has 30 heavy (non-hydrogen) atoms. The number of fused-ring (bicyclic) bond motifs is 1. The fourth-order valence-corrected chi connectivity index (χ4v) is 3.29. The molecule has 0 radical (unpaired) electrons. The lowest BCUT2D eigenvalue weighted by Gasteiger charge is -2.24. The van der Waals surface area contributed by atoms with E-state index >= 15 is 0 Å². The molecule has 2 aromatic heterocycles. The van der Waals surface area contributed by atoms with Crippen LogP contribution in [0.2, 0.25) is 0 Å². The molecule has 150 valence electrons. The molecular weight excluding hydrogens is 402 g/mol. The second kappa shape index (κ2) is 8.26. The minimum Gasteiger partial charge on any atom is -1.00 e. The first-order chi connectivity index (χ1) is 14.3. The predicted molar refractivity (Wildman–Crippen MR) is 109 cm³/mol. The van der Waals surface area contributed by atoms with Crippen LogP contribution in [0, 0.1) is 0 Å². The fraction of sp³-hybridized carbons (Fsp3) is 0.0455. The topological polar surface area (TPSA) is 85.0 Å². The van der Waals surface area contributed by atoms with Crippen molar-refractivity contribution in [3.05, 3.63) is 102 Å². The molecule has 1 amide bonds. The van der Waals surface area contributed by atoms with Crippen LogP contribution in [0.1, 0.15) is 27.7 Å². The minimum absolute atomic E-state index is 0. The van der Waals surface area contributed by atoms with Crippen LogP contribution < -0.4 is 23.0 Å². The highest BCUT2D eigenvalue weighted by atomic mass is 35.5. The molecule has 2 N–H and O–H groups in total. The van der Waals surface area contributed by atoms with E-state index in [9.17, 15) is 4.79 Å². The molecule has 1 aliphatic heterocycles. The van der Waals surface area contributed by atoms with Crippen molar-refractivity contribution < 1.29 is 21.6 Å². The summed E-state index contributed by atoms with van der Waals surface area (Å²) in [4.78, 5) is 16.8. The summed E-state index contributed by atoms with van der Waals surface area (Å²) in [6.07, 6.45) is 3.55. The predicted octanol–water partition coefficient (Wildman–Crippen LogP) is 1.18. The van der Waals surface area contributed by atoms with Crippen LogP contribution in [0.4, 0.5) is 11.9 Å². The number of allylic oxidation sites excluding steroid dienone is 1. The smallest absolute Gasteiger partial charge is 0.293 e. The summed E-state index contributed by atoms with van der Waals surface area (Å²) in [5.74, 6) is 0.561. The van der Waals surface area contributed by atoms with Crippen molar-refractivity contribution in [2.75, 3.05) is 10.6 Å². The van der Waals surface area contributed by atoms with E-state index in [1.54, 1.807) is 16.8 Å². The molecule has 4 aromatic rings. The number of amides is 1. The van der Waals surface area contributed by atoms with Crippen LogP contribution in [0.3, 0.4) is 0 Å². The molecule has 3 heterocycles. The molecule has 1 atom stereocenters. The number of hydrogen-bond donors (Lipinski definition) is 2. The maximum atomic E-state index is 12.3. The zero-order chi connectivity index (χ0) is 19.6. The molecule has 1 unspecified atom stereocenters. The van der Waals surface area contributed by atoms with Crippen LogP contribution in [-0.4, -0.2) is 20.7 Å². The zero-order valence-corrected chi connectivity index (χ0v) is 16.5. The summed E-state index contributed by atoms with van der Waals surface area (Å²) >= 11 is 0. The van der Waals surface area contributed by atoms with E-state index < -0.39 is 5.91 Å². The van der Waals surface area contributed by atoms with Crippen molar-refractivity contribution >= 4 is 23.5 Å². The quantitative estimate of drug-likeness (QED) is 0.520. The Balaban J connectivity index is 0.00000218. The van der Waals surface area contributed by atoms with Gasteiger partial charge in [0.05, 0.1) is 6.26 Å². The number of hydrogen-bond acceptors (Lipinski definition) is 5. The largest absolute Gasteiger partial charge is 1.00 e. The van der Waals surface area contributed by atoms with Gasteiger partial charge in [0.15, 0.2) is 5.76 Å². The Hall–Kier alpha value is -3.84. The van der Waals surface area contributed by atoms with Crippen molar-refractivity contribution in [1.82, 2.24) is 14.8 Å². The Kier molecular flexibility index (Phi) is 5.36. The van der Waals surface area contributed by atoms with E-state index in [1.807, 2.05) is 60.7 Å². The van der Waals surface area contributed by atoms with Gasteiger partial charge < -0.3 is 22.1 Å². The van der Waals surface area contributed by atoms with Crippen molar-refractivity contribution in [3.8, 4) is 0 Å². The van der Waals surface area contributed by atoms with Crippen molar-refractivity contribution in [2.45, 2.75) is 6.04 Å². The second-order valence-electron chi connectivity index (χ2n) is 6.56. The molecule has 5 rings (SSSR count). The Morgan fingerprint density at radius 2 is 1.73 bits per heavy atom. The first kappa shape index (κ1) is 19.5. The molecule has 0 fully saturated rings. The third-order valence-corrected chi connectivity index (χ3v) is 4.66. The second-order valence-corrected chi connectivity index (χ2v) is 6.56. The number of halogens is 1. The lowest BCUT2D eigenvalue weighted by molar-refractivity contribution is -0.0000136. The van der Waals surface area contributed by atoms with Crippen LogP contribution in [-0.2, 0) is 0 Å². The number of aromatic nitrogens is 3. The number of furan rings is 1. The van der Waals surface area contributed by atoms with Gasteiger partial charge in [0.25, 0.3) is 11.9 Å². The molecule has 0 bridgehead atoms. The highest BCUT2D eigenvalue weighted by Crippen LogP contribution is 2.33. The Bertz CT molecular complexity index is 1170. The highest BCUT2D eigenvalue weighted by Gasteiger charge is 2.26. The summed E-state index contributed by atoms with van der Waals surface area (Å²) in [6.45, 7) is 0. The van der Waals surface area contributed by atoms with Gasteiger partial charge in [0.1, 0.15) is 6.04 Å². The molecular formula is C22H17ClN5O2-. The van der Waals surface area contributed by atoms with Gasteiger partial charge in [-0.15, -0.1) is 5.10 Å². The average Bonchev–Trinajstić information content (AvgIpc) is 3.44.